The van der Waals surface area contributed by atoms with Gasteiger partial charge in [-0.1, -0.05) is 25.1 Å². The van der Waals surface area contributed by atoms with Crippen LogP contribution in [0, 0.1) is 0 Å². The molecule has 0 radical (unpaired) electrons. The molecule has 0 aliphatic carbocycles. The van der Waals surface area contributed by atoms with Gasteiger partial charge in [0.1, 0.15) is 5.75 Å². The minimum atomic E-state index is 0.156. The average molecular weight is 251 g/mol. The molecule has 1 rings (SSSR count). The lowest BCUT2D eigenvalue weighted by Crippen LogP contribution is -2.22. The summed E-state index contributed by atoms with van der Waals surface area (Å²) in [4.78, 5) is 0. The van der Waals surface area contributed by atoms with Gasteiger partial charge in [-0.25, -0.2) is 0 Å². The molecular formula is C15H25NO2. The first-order valence-corrected chi connectivity index (χ1v) is 6.66. The summed E-state index contributed by atoms with van der Waals surface area (Å²) in [6, 6.07) is 8.34. The summed E-state index contributed by atoms with van der Waals surface area (Å²) in [5.74, 6) is 0.949. The Labute approximate surface area is 110 Å². The number of methoxy groups -OCH3 is 1. The highest BCUT2D eigenvalue weighted by atomic mass is 16.5. The molecule has 18 heavy (non-hydrogen) atoms. The minimum absolute atomic E-state index is 0.156. The molecule has 0 saturated heterocycles. The molecule has 0 aromatic heterocycles. The number of hydrogen-bond acceptors (Lipinski definition) is 3. The van der Waals surface area contributed by atoms with Gasteiger partial charge in [-0.15, -0.1) is 0 Å². The quantitative estimate of drug-likeness (QED) is 0.772. The Bertz CT molecular complexity index is 341. The molecule has 0 spiro atoms. The summed E-state index contributed by atoms with van der Waals surface area (Å²) in [6.45, 7) is 4.89. The van der Waals surface area contributed by atoms with E-state index in [2.05, 4.69) is 19.9 Å². The number of hydrogen-bond donors (Lipinski definition) is 1. The van der Waals surface area contributed by atoms with Gasteiger partial charge < -0.3 is 15.2 Å². The predicted octanol–water partition coefficient (Wildman–Crippen LogP) is 2.77. The molecule has 0 bridgehead atoms. The van der Waals surface area contributed by atoms with E-state index >= 15 is 0 Å². The van der Waals surface area contributed by atoms with Gasteiger partial charge in [-0.05, 0) is 31.4 Å². The minimum Gasteiger partial charge on any atom is -0.490 e. The lowest BCUT2D eigenvalue weighted by molar-refractivity contribution is 0.134. The first-order chi connectivity index (χ1) is 8.67. The molecule has 2 N–H and O–H groups in total. The van der Waals surface area contributed by atoms with E-state index in [4.69, 9.17) is 15.2 Å². The summed E-state index contributed by atoms with van der Waals surface area (Å²) in [5.41, 5.74) is 7.20. The molecule has 2 atom stereocenters. The van der Waals surface area contributed by atoms with Crippen LogP contribution >= 0.6 is 0 Å². The van der Waals surface area contributed by atoms with Gasteiger partial charge in [0.25, 0.3) is 0 Å². The zero-order valence-electron chi connectivity index (χ0n) is 11.7. The Morgan fingerprint density at radius 2 is 2.00 bits per heavy atom. The zero-order valence-corrected chi connectivity index (χ0v) is 11.7. The number of rotatable bonds is 8. The summed E-state index contributed by atoms with van der Waals surface area (Å²) in [6.07, 6.45) is 2.89. The van der Waals surface area contributed by atoms with Crippen molar-refractivity contribution in [1.29, 1.82) is 0 Å². The lowest BCUT2D eigenvalue weighted by Gasteiger charge is -2.18. The SMILES string of the molecule is CCC(N)Cc1ccccc1OC(C)CCOC. The zero-order chi connectivity index (χ0) is 13.4. The third-order valence-corrected chi connectivity index (χ3v) is 3.04. The summed E-state index contributed by atoms with van der Waals surface area (Å²) in [5, 5.41) is 0. The first kappa shape index (κ1) is 15.0. The van der Waals surface area contributed by atoms with E-state index in [0.717, 1.165) is 31.6 Å². The van der Waals surface area contributed by atoms with E-state index in [1.54, 1.807) is 7.11 Å². The molecule has 102 valence electrons. The standard InChI is InChI=1S/C15H25NO2/c1-4-14(16)11-13-7-5-6-8-15(13)18-12(2)9-10-17-3/h5-8,12,14H,4,9-11,16H2,1-3H3. The lowest BCUT2D eigenvalue weighted by atomic mass is 10.0. The molecule has 0 amide bonds. The van der Waals surface area contributed by atoms with Crippen molar-refractivity contribution in [2.75, 3.05) is 13.7 Å². The van der Waals surface area contributed by atoms with Crippen LogP contribution in [0.1, 0.15) is 32.3 Å². The highest BCUT2D eigenvalue weighted by Crippen LogP contribution is 2.21. The van der Waals surface area contributed by atoms with Crippen molar-refractivity contribution in [2.24, 2.45) is 5.73 Å². The van der Waals surface area contributed by atoms with Crippen LogP contribution in [0.4, 0.5) is 0 Å². The Kier molecular flexibility index (Phi) is 6.76. The van der Waals surface area contributed by atoms with Crippen LogP contribution in [0.5, 0.6) is 5.75 Å². The Balaban J connectivity index is 2.63. The van der Waals surface area contributed by atoms with Crippen LogP contribution in [-0.2, 0) is 11.2 Å². The summed E-state index contributed by atoms with van der Waals surface area (Å²) < 4.78 is 11.0. The van der Waals surface area contributed by atoms with Crippen molar-refractivity contribution in [3.05, 3.63) is 29.8 Å². The van der Waals surface area contributed by atoms with Crippen LogP contribution in [-0.4, -0.2) is 25.9 Å². The van der Waals surface area contributed by atoms with E-state index in [1.165, 1.54) is 5.56 Å². The maximum absolute atomic E-state index is 6.01. The van der Waals surface area contributed by atoms with E-state index in [-0.39, 0.29) is 12.1 Å². The second-order valence-electron chi connectivity index (χ2n) is 4.69. The van der Waals surface area contributed by atoms with Crippen LogP contribution < -0.4 is 10.5 Å². The molecule has 0 aliphatic heterocycles. The van der Waals surface area contributed by atoms with Crippen LogP contribution in [0.25, 0.3) is 0 Å². The van der Waals surface area contributed by atoms with Gasteiger partial charge in [0.15, 0.2) is 0 Å². The third-order valence-electron chi connectivity index (χ3n) is 3.04. The fourth-order valence-electron chi connectivity index (χ4n) is 1.77. The molecule has 0 fully saturated rings. The van der Waals surface area contributed by atoms with Crippen molar-refractivity contribution in [1.82, 2.24) is 0 Å². The van der Waals surface area contributed by atoms with E-state index < -0.39 is 0 Å². The number of nitrogens with two attached hydrogens (primary N) is 1. The molecule has 1 aromatic carbocycles. The van der Waals surface area contributed by atoms with Gasteiger partial charge in [-0.3, -0.25) is 0 Å². The van der Waals surface area contributed by atoms with Crippen molar-refractivity contribution >= 4 is 0 Å². The fraction of sp³-hybridized carbons (Fsp3) is 0.600. The van der Waals surface area contributed by atoms with Crippen molar-refractivity contribution in [3.63, 3.8) is 0 Å². The number of ether oxygens (including phenoxy) is 2. The monoisotopic (exact) mass is 251 g/mol. The molecule has 0 aliphatic rings. The molecule has 3 nitrogen and oxygen atoms in total. The number of benzene rings is 1. The van der Waals surface area contributed by atoms with Crippen LogP contribution in [0.2, 0.25) is 0 Å². The average Bonchev–Trinajstić information content (AvgIpc) is 2.38. The summed E-state index contributed by atoms with van der Waals surface area (Å²) >= 11 is 0. The smallest absolute Gasteiger partial charge is 0.122 e. The maximum atomic E-state index is 6.01. The molecule has 1 aromatic rings. The molecule has 0 heterocycles. The largest absolute Gasteiger partial charge is 0.490 e. The molecule has 3 heteroatoms. The Morgan fingerprint density at radius 1 is 1.28 bits per heavy atom. The fourth-order valence-corrected chi connectivity index (χ4v) is 1.77. The van der Waals surface area contributed by atoms with Crippen LogP contribution in [0.15, 0.2) is 24.3 Å². The van der Waals surface area contributed by atoms with E-state index in [9.17, 15) is 0 Å². The van der Waals surface area contributed by atoms with Crippen molar-refractivity contribution in [3.8, 4) is 5.75 Å². The molecular weight excluding hydrogens is 226 g/mol. The van der Waals surface area contributed by atoms with Gasteiger partial charge in [-0.2, -0.15) is 0 Å². The highest BCUT2D eigenvalue weighted by Gasteiger charge is 2.10. The predicted molar refractivity (Wildman–Crippen MR) is 75.0 cm³/mol. The van der Waals surface area contributed by atoms with Gasteiger partial charge in [0, 0.05) is 26.2 Å². The van der Waals surface area contributed by atoms with E-state index in [1.807, 2.05) is 18.2 Å². The highest BCUT2D eigenvalue weighted by molar-refractivity contribution is 5.34. The third kappa shape index (κ3) is 5.07. The van der Waals surface area contributed by atoms with Gasteiger partial charge in [0.2, 0.25) is 0 Å². The number of para-hydroxylation sites is 1. The summed E-state index contributed by atoms with van der Waals surface area (Å²) in [7, 11) is 1.71. The van der Waals surface area contributed by atoms with Crippen LogP contribution in [0.3, 0.4) is 0 Å². The second-order valence-corrected chi connectivity index (χ2v) is 4.69. The Hall–Kier alpha value is -1.06. The Morgan fingerprint density at radius 3 is 2.67 bits per heavy atom. The maximum Gasteiger partial charge on any atom is 0.122 e. The molecule has 2 unspecified atom stereocenters. The second kappa shape index (κ2) is 8.11. The van der Waals surface area contributed by atoms with E-state index in [0.29, 0.717) is 0 Å². The van der Waals surface area contributed by atoms with Gasteiger partial charge >= 0.3 is 0 Å². The molecule has 0 saturated carbocycles. The topological polar surface area (TPSA) is 44.5 Å². The van der Waals surface area contributed by atoms with Crippen molar-refractivity contribution < 1.29 is 9.47 Å². The normalized spacial score (nSPS) is 14.2. The first-order valence-electron chi connectivity index (χ1n) is 6.66. The van der Waals surface area contributed by atoms with Crippen molar-refractivity contribution in [2.45, 2.75) is 45.3 Å². The van der Waals surface area contributed by atoms with Gasteiger partial charge in [0.05, 0.1) is 6.10 Å².